The number of hydrogen-bond acceptors (Lipinski definition) is 4. The van der Waals surface area contributed by atoms with Gasteiger partial charge in [-0.2, -0.15) is 0 Å². The van der Waals surface area contributed by atoms with Crippen LogP contribution in [0.1, 0.15) is 23.6 Å². The maximum Gasteiger partial charge on any atom is 0.292 e. The minimum atomic E-state index is -0.321. The van der Waals surface area contributed by atoms with Crippen LogP contribution in [0.4, 0.5) is 14.5 Å². The first-order valence-electron chi connectivity index (χ1n) is 7.81. The number of benzene rings is 2. The largest absolute Gasteiger partial charge is 0.488 e. The molecule has 0 aliphatic heterocycles. The highest BCUT2D eigenvalue weighted by Gasteiger charge is 2.11. The summed E-state index contributed by atoms with van der Waals surface area (Å²) in [4.78, 5) is 8.95. The van der Waals surface area contributed by atoms with Gasteiger partial charge in [-0.15, -0.1) is 0 Å². The van der Waals surface area contributed by atoms with Gasteiger partial charge in [-0.05, 0) is 48.7 Å². The Morgan fingerprint density at radius 3 is 2.44 bits per heavy atom. The number of carbonyl (C=O) groups is 1. The first-order valence-corrected chi connectivity index (χ1v) is 7.81. The second-order valence-electron chi connectivity index (χ2n) is 5.20. The summed E-state index contributed by atoms with van der Waals surface area (Å²) in [6.07, 6.45) is 0.655. The molecule has 2 aromatic carbocycles. The fourth-order valence-corrected chi connectivity index (χ4v) is 2.20. The molecule has 0 saturated carbocycles. The van der Waals surface area contributed by atoms with Gasteiger partial charge < -0.3 is 14.8 Å². The van der Waals surface area contributed by atoms with Crippen molar-refractivity contribution in [3.63, 3.8) is 0 Å². The van der Waals surface area contributed by atoms with Crippen molar-refractivity contribution in [2.24, 2.45) is 0 Å². The Hall–Kier alpha value is -2.63. The van der Waals surface area contributed by atoms with Gasteiger partial charge in [0.15, 0.2) is 0 Å². The number of methoxy groups -OCH3 is 1. The lowest BCUT2D eigenvalue weighted by Gasteiger charge is -2.15. The maximum atomic E-state index is 13.9. The molecule has 0 heterocycles. The summed E-state index contributed by atoms with van der Waals surface area (Å²) in [5, 5.41) is 2.94. The molecule has 136 valence electrons. The van der Waals surface area contributed by atoms with Gasteiger partial charge in [0, 0.05) is 18.3 Å². The van der Waals surface area contributed by atoms with Crippen LogP contribution in [0, 0.1) is 18.6 Å². The Kier molecular flexibility index (Phi) is 8.39. The highest BCUT2D eigenvalue weighted by atomic mass is 19.1. The standard InChI is InChI=1S/C17H19F2NO.C2H4O2/c1-4-12-9-15(19)11(2)8-17(12)21-10-13-14(18)6-5-7-16(13)20-3;1-4-2-3/h5-9,20H,4,10H2,1-3H3;2H,1H3. The van der Waals surface area contributed by atoms with Crippen molar-refractivity contribution in [3.05, 3.63) is 58.7 Å². The van der Waals surface area contributed by atoms with E-state index in [0.29, 0.717) is 35.5 Å². The monoisotopic (exact) mass is 351 g/mol. The van der Waals surface area contributed by atoms with E-state index in [9.17, 15) is 8.78 Å². The van der Waals surface area contributed by atoms with Gasteiger partial charge in [0.2, 0.25) is 0 Å². The van der Waals surface area contributed by atoms with Crippen LogP contribution in [-0.4, -0.2) is 20.6 Å². The van der Waals surface area contributed by atoms with Gasteiger partial charge in [0.1, 0.15) is 24.0 Å². The molecule has 0 amide bonds. The van der Waals surface area contributed by atoms with Crippen LogP contribution >= 0.6 is 0 Å². The van der Waals surface area contributed by atoms with Gasteiger partial charge in [0.05, 0.1) is 7.11 Å². The van der Waals surface area contributed by atoms with Crippen molar-refractivity contribution in [2.75, 3.05) is 19.5 Å². The van der Waals surface area contributed by atoms with Crippen molar-refractivity contribution in [3.8, 4) is 5.75 Å². The average molecular weight is 351 g/mol. The third-order valence-corrected chi connectivity index (χ3v) is 3.58. The zero-order chi connectivity index (χ0) is 18.8. The van der Waals surface area contributed by atoms with Crippen LogP contribution in [0.15, 0.2) is 30.3 Å². The fourth-order valence-electron chi connectivity index (χ4n) is 2.20. The van der Waals surface area contributed by atoms with E-state index in [2.05, 4.69) is 10.1 Å². The fraction of sp³-hybridized carbons (Fsp3) is 0.316. The lowest BCUT2D eigenvalue weighted by Crippen LogP contribution is -2.05. The number of nitrogens with one attached hydrogen (secondary N) is 1. The Balaban J connectivity index is 0.000000705. The van der Waals surface area contributed by atoms with E-state index in [-0.39, 0.29) is 18.2 Å². The molecule has 0 saturated heterocycles. The first-order chi connectivity index (χ1) is 12.0. The Labute approximate surface area is 146 Å². The molecule has 0 aromatic heterocycles. The highest BCUT2D eigenvalue weighted by Crippen LogP contribution is 2.26. The maximum absolute atomic E-state index is 13.9. The van der Waals surface area contributed by atoms with Crippen molar-refractivity contribution in [1.82, 2.24) is 0 Å². The summed E-state index contributed by atoms with van der Waals surface area (Å²) in [5.74, 6) is 0.0291. The van der Waals surface area contributed by atoms with Crippen molar-refractivity contribution >= 4 is 12.2 Å². The van der Waals surface area contributed by atoms with E-state index >= 15 is 0 Å². The predicted octanol–water partition coefficient (Wildman–Crippen LogP) is 4.25. The third kappa shape index (κ3) is 5.74. The first kappa shape index (κ1) is 20.4. The number of rotatable bonds is 6. The predicted molar refractivity (Wildman–Crippen MR) is 93.9 cm³/mol. The van der Waals surface area contributed by atoms with Gasteiger partial charge in [0.25, 0.3) is 6.47 Å². The van der Waals surface area contributed by atoms with Crippen LogP contribution < -0.4 is 10.1 Å². The van der Waals surface area contributed by atoms with Crippen LogP contribution in [0.25, 0.3) is 0 Å². The molecule has 0 bridgehead atoms. The molecule has 2 aromatic rings. The van der Waals surface area contributed by atoms with Crippen molar-refractivity contribution in [1.29, 1.82) is 0 Å². The second-order valence-corrected chi connectivity index (χ2v) is 5.20. The zero-order valence-electron chi connectivity index (χ0n) is 14.9. The third-order valence-electron chi connectivity index (χ3n) is 3.58. The van der Waals surface area contributed by atoms with Gasteiger partial charge in [-0.3, -0.25) is 4.79 Å². The van der Waals surface area contributed by atoms with Crippen LogP contribution in [-0.2, 0) is 22.6 Å². The number of ether oxygens (including phenoxy) is 2. The molecule has 0 aliphatic carbocycles. The highest BCUT2D eigenvalue weighted by molar-refractivity contribution is 5.51. The molecule has 0 radical (unpaired) electrons. The SMILES string of the molecule is CCc1cc(F)c(C)cc1OCc1c(F)cccc1NC.COC=O. The Bertz CT molecular complexity index is 705. The van der Waals surface area contributed by atoms with Gasteiger partial charge in [-0.1, -0.05) is 13.0 Å². The molecule has 0 atom stereocenters. The lowest BCUT2D eigenvalue weighted by molar-refractivity contribution is -0.126. The molecule has 1 N–H and O–H groups in total. The zero-order valence-corrected chi connectivity index (χ0v) is 14.9. The molecule has 4 nitrogen and oxygen atoms in total. The topological polar surface area (TPSA) is 47.6 Å². The van der Waals surface area contributed by atoms with E-state index in [1.54, 1.807) is 32.2 Å². The minimum Gasteiger partial charge on any atom is -0.488 e. The van der Waals surface area contributed by atoms with Gasteiger partial charge >= 0.3 is 0 Å². The number of carbonyl (C=O) groups excluding carboxylic acids is 1. The summed E-state index contributed by atoms with van der Waals surface area (Å²) in [7, 11) is 3.05. The number of hydrogen-bond donors (Lipinski definition) is 1. The summed E-state index contributed by atoms with van der Waals surface area (Å²) < 4.78 is 37.0. The molecular weight excluding hydrogens is 328 g/mol. The number of aryl methyl sites for hydroxylation is 2. The van der Waals surface area contributed by atoms with E-state index in [1.807, 2.05) is 6.92 Å². The molecule has 6 heteroatoms. The van der Waals surface area contributed by atoms with Gasteiger partial charge in [-0.25, -0.2) is 8.78 Å². The van der Waals surface area contributed by atoms with E-state index in [1.165, 1.54) is 19.2 Å². The van der Waals surface area contributed by atoms with Crippen molar-refractivity contribution in [2.45, 2.75) is 26.9 Å². The molecule has 25 heavy (non-hydrogen) atoms. The van der Waals surface area contributed by atoms with E-state index < -0.39 is 0 Å². The lowest BCUT2D eigenvalue weighted by atomic mass is 10.1. The summed E-state index contributed by atoms with van der Waals surface area (Å²) >= 11 is 0. The minimum absolute atomic E-state index is 0.0981. The van der Waals surface area contributed by atoms with Crippen LogP contribution in [0.5, 0.6) is 5.75 Å². The summed E-state index contributed by atoms with van der Waals surface area (Å²) in [5.41, 5.74) is 2.45. The molecule has 2 rings (SSSR count). The summed E-state index contributed by atoms with van der Waals surface area (Å²) in [6, 6.07) is 7.97. The van der Waals surface area contributed by atoms with Crippen molar-refractivity contribution < 1.29 is 23.0 Å². The smallest absolute Gasteiger partial charge is 0.292 e. The molecule has 0 aliphatic rings. The number of anilines is 1. The number of halogens is 2. The molecular formula is C19H23F2NO3. The van der Waals surface area contributed by atoms with E-state index in [4.69, 9.17) is 9.53 Å². The Morgan fingerprint density at radius 1 is 1.20 bits per heavy atom. The van der Waals surface area contributed by atoms with Crippen LogP contribution in [0.2, 0.25) is 0 Å². The molecule has 0 spiro atoms. The van der Waals surface area contributed by atoms with Crippen LogP contribution in [0.3, 0.4) is 0 Å². The molecule has 0 unspecified atom stereocenters. The average Bonchev–Trinajstić information content (AvgIpc) is 2.63. The normalized spacial score (nSPS) is 9.68. The summed E-state index contributed by atoms with van der Waals surface area (Å²) in [6.45, 7) is 4.09. The van der Waals surface area contributed by atoms with E-state index in [0.717, 1.165) is 5.56 Å². The Morgan fingerprint density at radius 2 is 1.88 bits per heavy atom. The quantitative estimate of drug-likeness (QED) is 0.791. The second kappa shape index (κ2) is 10.3. The molecule has 0 fully saturated rings.